The van der Waals surface area contributed by atoms with Crippen LogP contribution in [0.25, 0.3) is 0 Å². The van der Waals surface area contributed by atoms with E-state index in [1.807, 2.05) is 0 Å². The lowest BCUT2D eigenvalue weighted by molar-refractivity contribution is 0.341. The van der Waals surface area contributed by atoms with Gasteiger partial charge in [-0.3, -0.25) is 0 Å². The van der Waals surface area contributed by atoms with Crippen LogP contribution in [-0.4, -0.2) is 6.04 Å². The molecule has 2 unspecified atom stereocenters. The van der Waals surface area contributed by atoms with Crippen LogP contribution in [0.15, 0.2) is 12.1 Å². The third kappa shape index (κ3) is 3.85. The van der Waals surface area contributed by atoms with Crippen LogP contribution in [-0.2, 0) is 0 Å². The van der Waals surface area contributed by atoms with E-state index in [1.54, 1.807) is 0 Å². The second kappa shape index (κ2) is 6.75. The average Bonchev–Trinajstić information content (AvgIpc) is 2.59. The van der Waals surface area contributed by atoms with Gasteiger partial charge in [-0.05, 0) is 37.2 Å². The van der Waals surface area contributed by atoms with Crippen molar-refractivity contribution in [2.24, 2.45) is 11.8 Å². The van der Waals surface area contributed by atoms with E-state index in [-0.39, 0.29) is 16.8 Å². The van der Waals surface area contributed by atoms with Crippen molar-refractivity contribution in [1.29, 1.82) is 0 Å². The molecule has 2 rings (SSSR count). The first-order valence-electron chi connectivity index (χ1n) is 7.38. The molecule has 1 aromatic carbocycles. The molecule has 1 aromatic rings. The summed E-state index contributed by atoms with van der Waals surface area (Å²) in [5, 5.41) is 3.29. The average molecular weight is 302 g/mol. The Kier molecular flexibility index (Phi) is 5.25. The molecule has 1 nitrogen and oxygen atoms in total. The predicted molar refractivity (Wildman–Crippen MR) is 80.2 cm³/mol. The van der Waals surface area contributed by atoms with Gasteiger partial charge >= 0.3 is 0 Å². The highest BCUT2D eigenvalue weighted by molar-refractivity contribution is 6.33. The van der Waals surface area contributed by atoms with Crippen LogP contribution in [0.4, 0.5) is 14.5 Å². The van der Waals surface area contributed by atoms with E-state index in [0.717, 1.165) is 43.7 Å². The molecule has 1 fully saturated rings. The number of benzene rings is 1. The van der Waals surface area contributed by atoms with Crippen LogP contribution in [0, 0.1) is 23.5 Å². The van der Waals surface area contributed by atoms with Crippen LogP contribution in [0.3, 0.4) is 0 Å². The Morgan fingerprint density at radius 3 is 2.55 bits per heavy atom. The van der Waals surface area contributed by atoms with Crippen LogP contribution in [0.1, 0.15) is 46.0 Å². The van der Waals surface area contributed by atoms with Crippen LogP contribution in [0.5, 0.6) is 0 Å². The van der Waals surface area contributed by atoms with Crippen LogP contribution >= 0.6 is 11.6 Å². The van der Waals surface area contributed by atoms with Crippen molar-refractivity contribution in [3.63, 3.8) is 0 Å². The molecule has 2 atom stereocenters. The number of rotatable bonds is 3. The monoisotopic (exact) mass is 301 g/mol. The summed E-state index contributed by atoms with van der Waals surface area (Å²) in [4.78, 5) is 0. The van der Waals surface area contributed by atoms with E-state index in [0.29, 0.717) is 5.92 Å². The van der Waals surface area contributed by atoms with Gasteiger partial charge in [-0.2, -0.15) is 0 Å². The first-order valence-corrected chi connectivity index (χ1v) is 7.76. The molecular formula is C16H22ClF2N. The Hall–Kier alpha value is -0.830. The lowest BCUT2D eigenvalue weighted by atomic mass is 9.89. The lowest BCUT2D eigenvalue weighted by Gasteiger charge is -2.20. The summed E-state index contributed by atoms with van der Waals surface area (Å²) in [6, 6.07) is 2.25. The third-order valence-electron chi connectivity index (χ3n) is 4.31. The fourth-order valence-corrected chi connectivity index (χ4v) is 3.27. The number of hydrogen-bond donors (Lipinski definition) is 1. The zero-order valence-corrected chi connectivity index (χ0v) is 12.8. The molecule has 0 aliphatic heterocycles. The normalized spacial score (nSPS) is 23.7. The molecule has 1 N–H and O–H groups in total. The predicted octanol–water partition coefficient (Wildman–Crippen LogP) is 5.64. The van der Waals surface area contributed by atoms with Crippen molar-refractivity contribution in [3.8, 4) is 0 Å². The summed E-state index contributed by atoms with van der Waals surface area (Å²) in [7, 11) is 0. The SMILES string of the molecule is CC(C)C1CCCC(Nc2c(F)cc(F)cc2Cl)CC1. The van der Waals surface area contributed by atoms with Crippen molar-refractivity contribution in [3.05, 3.63) is 28.8 Å². The van der Waals surface area contributed by atoms with E-state index >= 15 is 0 Å². The molecule has 20 heavy (non-hydrogen) atoms. The van der Waals surface area contributed by atoms with Crippen molar-refractivity contribution >= 4 is 17.3 Å². The molecule has 1 aliphatic carbocycles. The second-order valence-corrected chi connectivity index (χ2v) is 6.51. The Balaban J connectivity index is 2.04. The van der Waals surface area contributed by atoms with Gasteiger partial charge in [-0.25, -0.2) is 8.78 Å². The highest BCUT2D eigenvalue weighted by Crippen LogP contribution is 2.32. The summed E-state index contributed by atoms with van der Waals surface area (Å²) in [6.07, 6.45) is 5.54. The van der Waals surface area contributed by atoms with Gasteiger partial charge in [0.1, 0.15) is 5.82 Å². The van der Waals surface area contributed by atoms with Gasteiger partial charge in [0.2, 0.25) is 0 Å². The van der Waals surface area contributed by atoms with Crippen molar-refractivity contribution in [2.45, 2.75) is 52.0 Å². The minimum Gasteiger partial charge on any atom is -0.379 e. The molecule has 0 amide bonds. The van der Waals surface area contributed by atoms with E-state index in [2.05, 4.69) is 19.2 Å². The van der Waals surface area contributed by atoms with Gasteiger partial charge in [0, 0.05) is 12.1 Å². The third-order valence-corrected chi connectivity index (χ3v) is 4.61. The summed E-state index contributed by atoms with van der Waals surface area (Å²) in [5.74, 6) is 0.189. The van der Waals surface area contributed by atoms with Gasteiger partial charge in [-0.15, -0.1) is 0 Å². The van der Waals surface area contributed by atoms with Crippen molar-refractivity contribution in [1.82, 2.24) is 0 Å². The molecule has 0 heterocycles. The summed E-state index contributed by atoms with van der Waals surface area (Å²) >= 11 is 5.93. The van der Waals surface area contributed by atoms with E-state index < -0.39 is 11.6 Å². The Morgan fingerprint density at radius 2 is 1.90 bits per heavy atom. The van der Waals surface area contributed by atoms with Crippen molar-refractivity contribution < 1.29 is 8.78 Å². The minimum absolute atomic E-state index is 0.118. The number of hydrogen-bond acceptors (Lipinski definition) is 1. The molecule has 0 spiro atoms. The molecule has 0 aromatic heterocycles. The maximum absolute atomic E-state index is 13.8. The number of halogens is 3. The lowest BCUT2D eigenvalue weighted by Crippen LogP contribution is -2.20. The standard InChI is InChI=1S/C16H22ClF2N/c1-10(2)11-4-3-5-13(7-6-11)20-16-14(17)8-12(18)9-15(16)19/h8-11,13,20H,3-7H2,1-2H3. The Labute approximate surface area is 124 Å². The quantitative estimate of drug-likeness (QED) is 0.713. The maximum atomic E-state index is 13.8. The molecule has 0 bridgehead atoms. The molecule has 1 aliphatic rings. The first-order chi connectivity index (χ1) is 9.47. The van der Waals surface area contributed by atoms with Crippen LogP contribution < -0.4 is 5.32 Å². The van der Waals surface area contributed by atoms with Gasteiger partial charge in [0.15, 0.2) is 5.82 Å². The molecule has 0 radical (unpaired) electrons. The summed E-state index contributed by atoms with van der Waals surface area (Å²) in [6.45, 7) is 4.52. The Bertz CT molecular complexity index is 439. The van der Waals surface area contributed by atoms with Gasteiger partial charge in [0.05, 0.1) is 10.7 Å². The topological polar surface area (TPSA) is 12.0 Å². The molecule has 112 valence electrons. The first kappa shape index (κ1) is 15.6. The van der Waals surface area contributed by atoms with Gasteiger partial charge in [0.25, 0.3) is 0 Å². The fraction of sp³-hybridized carbons (Fsp3) is 0.625. The highest BCUT2D eigenvalue weighted by Gasteiger charge is 2.22. The number of anilines is 1. The summed E-state index contributed by atoms with van der Waals surface area (Å²) < 4.78 is 26.8. The highest BCUT2D eigenvalue weighted by atomic mass is 35.5. The van der Waals surface area contributed by atoms with Gasteiger partial charge in [-0.1, -0.05) is 38.3 Å². The molecular weight excluding hydrogens is 280 g/mol. The molecule has 1 saturated carbocycles. The smallest absolute Gasteiger partial charge is 0.150 e. The summed E-state index contributed by atoms with van der Waals surface area (Å²) in [5.41, 5.74) is 0.237. The van der Waals surface area contributed by atoms with Crippen LogP contribution in [0.2, 0.25) is 5.02 Å². The minimum atomic E-state index is -0.640. The Morgan fingerprint density at radius 1 is 1.15 bits per heavy atom. The van der Waals surface area contributed by atoms with Crippen molar-refractivity contribution in [2.75, 3.05) is 5.32 Å². The zero-order valence-electron chi connectivity index (χ0n) is 12.1. The maximum Gasteiger partial charge on any atom is 0.150 e. The number of nitrogens with one attached hydrogen (secondary N) is 1. The molecule has 0 saturated heterocycles. The van der Waals surface area contributed by atoms with E-state index in [9.17, 15) is 8.78 Å². The van der Waals surface area contributed by atoms with E-state index in [1.165, 1.54) is 6.42 Å². The second-order valence-electron chi connectivity index (χ2n) is 6.10. The fourth-order valence-electron chi connectivity index (χ4n) is 3.03. The zero-order chi connectivity index (χ0) is 14.7. The molecule has 4 heteroatoms. The van der Waals surface area contributed by atoms with E-state index in [4.69, 9.17) is 11.6 Å². The van der Waals surface area contributed by atoms with Gasteiger partial charge < -0.3 is 5.32 Å². The largest absolute Gasteiger partial charge is 0.379 e.